The number of fused-ring (bicyclic) bond motifs is 1. The number of hydrogen-bond donors (Lipinski definition) is 0. The van der Waals surface area contributed by atoms with Gasteiger partial charge >= 0.3 is 0 Å². The molecule has 0 saturated heterocycles. The van der Waals surface area contributed by atoms with E-state index in [0.717, 1.165) is 0 Å². The molecule has 0 spiro atoms. The largest absolute Gasteiger partial charge is 0.441 e. The van der Waals surface area contributed by atoms with Crippen molar-refractivity contribution in [3.63, 3.8) is 0 Å². The van der Waals surface area contributed by atoms with Crippen molar-refractivity contribution < 1.29 is 4.42 Å². The van der Waals surface area contributed by atoms with Crippen LogP contribution in [0.25, 0.3) is 11.0 Å². The first-order valence-electron chi connectivity index (χ1n) is 6.63. The average Bonchev–Trinajstić information content (AvgIpc) is 2.35. The summed E-state index contributed by atoms with van der Waals surface area (Å²) in [6.07, 6.45) is 0. The average molecular weight is 260 g/mol. The Balaban J connectivity index is 2.38. The van der Waals surface area contributed by atoms with Gasteiger partial charge in [0.05, 0.1) is 11.9 Å². The van der Waals surface area contributed by atoms with Gasteiger partial charge in [0.2, 0.25) is 5.89 Å². The SMILES string of the molecule is CC(C)N(Cc1nc(=O)c2ccccc2o1)C(C)C. The second-order valence-electron chi connectivity index (χ2n) is 5.27. The van der Waals surface area contributed by atoms with Gasteiger partial charge in [0.25, 0.3) is 5.56 Å². The summed E-state index contributed by atoms with van der Waals surface area (Å²) in [7, 11) is 0. The van der Waals surface area contributed by atoms with Crippen molar-refractivity contribution in [1.82, 2.24) is 9.88 Å². The second kappa shape index (κ2) is 5.53. The third-order valence-corrected chi connectivity index (χ3v) is 3.22. The Labute approximate surface area is 113 Å². The standard InChI is InChI=1S/C15H20N2O2/c1-10(2)17(11(3)4)9-14-16-15(18)12-7-5-6-8-13(12)19-14/h5-8,10-11H,9H2,1-4H3. The summed E-state index contributed by atoms with van der Waals surface area (Å²) in [5.74, 6) is 0.478. The number of hydrogen-bond acceptors (Lipinski definition) is 4. The number of benzene rings is 1. The van der Waals surface area contributed by atoms with E-state index in [0.29, 0.717) is 35.5 Å². The van der Waals surface area contributed by atoms with Crippen LogP contribution in [0, 0.1) is 0 Å². The molecule has 19 heavy (non-hydrogen) atoms. The molecule has 0 saturated carbocycles. The fourth-order valence-corrected chi connectivity index (χ4v) is 2.24. The van der Waals surface area contributed by atoms with E-state index in [9.17, 15) is 4.79 Å². The molecule has 0 radical (unpaired) electrons. The Morgan fingerprint density at radius 1 is 1.16 bits per heavy atom. The van der Waals surface area contributed by atoms with E-state index < -0.39 is 0 Å². The zero-order valence-electron chi connectivity index (χ0n) is 11.9. The van der Waals surface area contributed by atoms with Gasteiger partial charge in [-0.25, -0.2) is 0 Å². The Bertz CT molecular complexity index is 609. The van der Waals surface area contributed by atoms with Gasteiger partial charge in [-0.15, -0.1) is 0 Å². The maximum Gasteiger partial charge on any atom is 0.283 e. The summed E-state index contributed by atoms with van der Waals surface area (Å²) >= 11 is 0. The molecule has 0 fully saturated rings. The van der Waals surface area contributed by atoms with Crippen LogP contribution in [0.5, 0.6) is 0 Å². The third kappa shape index (κ3) is 3.01. The normalized spacial score (nSPS) is 11.9. The predicted octanol–water partition coefficient (Wildman–Crippen LogP) is 2.81. The topological polar surface area (TPSA) is 46.3 Å². The highest BCUT2D eigenvalue weighted by Crippen LogP contribution is 2.14. The molecule has 4 nitrogen and oxygen atoms in total. The van der Waals surface area contributed by atoms with Gasteiger partial charge in [-0.1, -0.05) is 12.1 Å². The summed E-state index contributed by atoms with van der Waals surface area (Å²) in [5.41, 5.74) is 0.384. The molecule has 2 rings (SSSR count). The highest BCUT2D eigenvalue weighted by Gasteiger charge is 2.16. The lowest BCUT2D eigenvalue weighted by molar-refractivity contribution is 0.149. The van der Waals surface area contributed by atoms with Gasteiger partial charge < -0.3 is 4.42 Å². The van der Waals surface area contributed by atoms with Crippen LogP contribution in [0.4, 0.5) is 0 Å². The van der Waals surface area contributed by atoms with E-state index in [1.807, 2.05) is 12.1 Å². The van der Waals surface area contributed by atoms with Crippen LogP contribution in [-0.2, 0) is 6.54 Å². The molecule has 1 heterocycles. The lowest BCUT2D eigenvalue weighted by atomic mass is 10.2. The Morgan fingerprint density at radius 2 is 1.79 bits per heavy atom. The highest BCUT2D eigenvalue weighted by molar-refractivity contribution is 5.74. The van der Waals surface area contributed by atoms with Gasteiger partial charge in [-0.05, 0) is 39.8 Å². The van der Waals surface area contributed by atoms with Crippen molar-refractivity contribution in [2.75, 3.05) is 0 Å². The van der Waals surface area contributed by atoms with E-state index in [-0.39, 0.29) is 5.56 Å². The first kappa shape index (κ1) is 13.7. The molecule has 0 N–H and O–H groups in total. The van der Waals surface area contributed by atoms with Gasteiger partial charge in [0, 0.05) is 12.1 Å². The van der Waals surface area contributed by atoms with E-state index in [4.69, 9.17) is 4.42 Å². The van der Waals surface area contributed by atoms with Gasteiger partial charge in [-0.2, -0.15) is 4.98 Å². The molecule has 2 aromatic rings. The van der Waals surface area contributed by atoms with Gasteiger partial charge in [-0.3, -0.25) is 9.69 Å². The van der Waals surface area contributed by atoms with E-state index in [2.05, 4.69) is 37.6 Å². The summed E-state index contributed by atoms with van der Waals surface area (Å²) in [4.78, 5) is 18.2. The molecule has 0 aliphatic rings. The molecule has 0 aliphatic heterocycles. The zero-order chi connectivity index (χ0) is 14.0. The lowest BCUT2D eigenvalue weighted by Gasteiger charge is -2.29. The number of rotatable bonds is 4. The van der Waals surface area contributed by atoms with E-state index in [1.165, 1.54) is 0 Å². The Kier molecular flexibility index (Phi) is 4.00. The predicted molar refractivity (Wildman–Crippen MR) is 76.1 cm³/mol. The molecular formula is C15H20N2O2. The maximum atomic E-state index is 11.9. The molecule has 0 aliphatic carbocycles. The summed E-state index contributed by atoms with van der Waals surface area (Å²) in [5, 5.41) is 0.534. The first-order chi connectivity index (χ1) is 8.99. The van der Waals surface area contributed by atoms with Crippen LogP contribution in [-0.4, -0.2) is 22.0 Å². The quantitative estimate of drug-likeness (QED) is 0.848. The van der Waals surface area contributed by atoms with Crippen molar-refractivity contribution in [2.45, 2.75) is 46.3 Å². The minimum atomic E-state index is -0.218. The van der Waals surface area contributed by atoms with Crippen LogP contribution in [0.1, 0.15) is 33.6 Å². The maximum absolute atomic E-state index is 11.9. The molecule has 1 aromatic heterocycles. The zero-order valence-corrected chi connectivity index (χ0v) is 11.9. The van der Waals surface area contributed by atoms with Crippen molar-refractivity contribution in [3.05, 3.63) is 40.5 Å². The van der Waals surface area contributed by atoms with Crippen LogP contribution in [0.15, 0.2) is 33.5 Å². The molecule has 0 unspecified atom stereocenters. The minimum absolute atomic E-state index is 0.218. The van der Waals surface area contributed by atoms with Crippen LogP contribution in [0.3, 0.4) is 0 Å². The summed E-state index contributed by atoms with van der Waals surface area (Å²) in [6.45, 7) is 9.05. The number of aromatic nitrogens is 1. The fourth-order valence-electron chi connectivity index (χ4n) is 2.24. The summed E-state index contributed by atoms with van der Waals surface area (Å²) in [6, 6.07) is 7.96. The fraction of sp³-hybridized carbons (Fsp3) is 0.467. The van der Waals surface area contributed by atoms with E-state index in [1.54, 1.807) is 12.1 Å². The van der Waals surface area contributed by atoms with E-state index >= 15 is 0 Å². The van der Waals surface area contributed by atoms with Crippen LogP contribution in [0.2, 0.25) is 0 Å². The Hall–Kier alpha value is -1.68. The first-order valence-corrected chi connectivity index (χ1v) is 6.63. The highest BCUT2D eigenvalue weighted by atomic mass is 16.3. The molecule has 0 amide bonds. The van der Waals surface area contributed by atoms with Crippen molar-refractivity contribution in [1.29, 1.82) is 0 Å². The third-order valence-electron chi connectivity index (χ3n) is 3.22. The van der Waals surface area contributed by atoms with Crippen LogP contribution < -0.4 is 5.56 Å². The smallest absolute Gasteiger partial charge is 0.283 e. The molecule has 0 bridgehead atoms. The Morgan fingerprint density at radius 3 is 2.42 bits per heavy atom. The van der Waals surface area contributed by atoms with Crippen molar-refractivity contribution in [3.8, 4) is 0 Å². The molecular weight excluding hydrogens is 240 g/mol. The number of nitrogens with zero attached hydrogens (tertiary/aromatic N) is 2. The molecule has 0 atom stereocenters. The summed E-state index contributed by atoms with van der Waals surface area (Å²) < 4.78 is 5.72. The van der Waals surface area contributed by atoms with Gasteiger partial charge in [0.1, 0.15) is 5.58 Å². The molecule has 102 valence electrons. The molecule has 1 aromatic carbocycles. The van der Waals surface area contributed by atoms with Crippen molar-refractivity contribution in [2.24, 2.45) is 0 Å². The van der Waals surface area contributed by atoms with Crippen LogP contribution >= 0.6 is 0 Å². The molecule has 4 heteroatoms. The lowest BCUT2D eigenvalue weighted by Crippen LogP contribution is -2.37. The van der Waals surface area contributed by atoms with Gasteiger partial charge in [0.15, 0.2) is 0 Å². The second-order valence-corrected chi connectivity index (χ2v) is 5.27. The monoisotopic (exact) mass is 260 g/mol. The number of para-hydroxylation sites is 1. The minimum Gasteiger partial charge on any atom is -0.441 e. The van der Waals surface area contributed by atoms with Crippen molar-refractivity contribution >= 4 is 11.0 Å².